The van der Waals surface area contributed by atoms with Crippen molar-refractivity contribution in [1.82, 2.24) is 10.2 Å². The summed E-state index contributed by atoms with van der Waals surface area (Å²) in [4.78, 5) is 35.8. The minimum Gasteiger partial charge on any atom is -0.490 e. The van der Waals surface area contributed by atoms with Crippen LogP contribution in [0.4, 0.5) is 10.5 Å². The number of likely N-dealkylation sites (N-methyl/N-ethyl adjacent to an activating group) is 1. The fourth-order valence-electron chi connectivity index (χ4n) is 3.02. The third-order valence-corrected chi connectivity index (χ3v) is 5.23. The van der Waals surface area contributed by atoms with Gasteiger partial charge in [-0.25, -0.2) is 4.79 Å². The van der Waals surface area contributed by atoms with Gasteiger partial charge in [-0.1, -0.05) is 12.1 Å². The number of amides is 3. The molecular formula is C21H20IN3O6. The minimum absolute atomic E-state index is 0.00722. The van der Waals surface area contributed by atoms with Crippen LogP contribution in [0.15, 0.2) is 42.1 Å². The number of benzene rings is 2. The number of non-ortho nitro benzene ring substituents is 1. The second kappa shape index (κ2) is 9.77. The maximum Gasteiger partial charge on any atom is 0.328 e. The monoisotopic (exact) mass is 537 g/mol. The Morgan fingerprint density at radius 1 is 1.19 bits per heavy atom. The van der Waals surface area contributed by atoms with E-state index in [1.807, 2.05) is 6.92 Å². The highest BCUT2D eigenvalue weighted by atomic mass is 127. The van der Waals surface area contributed by atoms with Crippen LogP contribution in [-0.4, -0.2) is 34.9 Å². The summed E-state index contributed by atoms with van der Waals surface area (Å²) in [7, 11) is 0. The zero-order valence-electron chi connectivity index (χ0n) is 16.9. The first-order valence-corrected chi connectivity index (χ1v) is 10.6. The van der Waals surface area contributed by atoms with Gasteiger partial charge in [0.15, 0.2) is 11.5 Å². The normalized spacial score (nSPS) is 14.7. The van der Waals surface area contributed by atoms with E-state index in [1.165, 1.54) is 12.1 Å². The first kappa shape index (κ1) is 22.5. The molecule has 2 aromatic carbocycles. The number of halogens is 1. The molecular weight excluding hydrogens is 517 g/mol. The molecule has 0 aliphatic carbocycles. The van der Waals surface area contributed by atoms with Crippen LogP contribution in [0, 0.1) is 13.7 Å². The number of nitro groups is 1. The van der Waals surface area contributed by atoms with Crippen LogP contribution in [-0.2, 0) is 11.4 Å². The molecule has 0 radical (unpaired) electrons. The standard InChI is InChI=1S/C21H20IN3O6/c1-3-24-20(26)17(23-21(24)27)10-14-9-16(22)19(18(11-14)30-4-2)31-12-13-6-5-7-15(8-13)25(28)29/h5-11H,3-4,12H2,1-2H3,(H,23,27)/b17-10+. The summed E-state index contributed by atoms with van der Waals surface area (Å²) in [6, 6.07) is 9.29. The van der Waals surface area contributed by atoms with Gasteiger partial charge in [0.2, 0.25) is 0 Å². The molecule has 1 saturated heterocycles. The average Bonchev–Trinajstić information content (AvgIpc) is 3.00. The van der Waals surface area contributed by atoms with Crippen LogP contribution < -0.4 is 14.8 Å². The van der Waals surface area contributed by atoms with Crippen molar-refractivity contribution in [3.05, 3.63) is 66.9 Å². The molecule has 1 aliphatic heterocycles. The largest absolute Gasteiger partial charge is 0.490 e. The lowest BCUT2D eigenvalue weighted by Crippen LogP contribution is -2.30. The lowest BCUT2D eigenvalue weighted by molar-refractivity contribution is -0.384. The number of rotatable bonds is 8. The molecule has 0 aromatic heterocycles. The SMILES string of the molecule is CCOc1cc(/C=C2/NC(=O)N(CC)C2=O)cc(I)c1OCc1cccc([N+](=O)[O-])c1. The minimum atomic E-state index is -0.454. The number of ether oxygens (including phenoxy) is 2. The summed E-state index contributed by atoms with van der Waals surface area (Å²) >= 11 is 2.09. The van der Waals surface area contributed by atoms with Gasteiger partial charge in [0.05, 0.1) is 15.1 Å². The third-order valence-electron chi connectivity index (χ3n) is 4.43. The Labute approximate surface area is 192 Å². The number of nitrogens with one attached hydrogen (secondary N) is 1. The lowest BCUT2D eigenvalue weighted by atomic mass is 10.1. The number of nitrogens with zero attached hydrogens (tertiary/aromatic N) is 2. The first-order chi connectivity index (χ1) is 14.8. The number of nitro benzene ring substituents is 1. The van der Waals surface area contributed by atoms with Crippen molar-refractivity contribution in [2.45, 2.75) is 20.5 Å². The summed E-state index contributed by atoms with van der Waals surface area (Å²) in [6.07, 6.45) is 1.59. The molecule has 9 nitrogen and oxygen atoms in total. The second-order valence-corrected chi connectivity index (χ2v) is 7.68. The van der Waals surface area contributed by atoms with E-state index in [0.717, 1.165) is 8.47 Å². The zero-order chi connectivity index (χ0) is 22.5. The summed E-state index contributed by atoms with van der Waals surface area (Å²) in [5, 5.41) is 13.5. The molecule has 0 atom stereocenters. The summed E-state index contributed by atoms with van der Waals surface area (Å²) < 4.78 is 12.4. The Balaban J connectivity index is 1.86. The van der Waals surface area contributed by atoms with Gasteiger partial charge >= 0.3 is 6.03 Å². The second-order valence-electron chi connectivity index (χ2n) is 6.52. The third kappa shape index (κ3) is 5.13. The van der Waals surface area contributed by atoms with E-state index in [0.29, 0.717) is 29.2 Å². The fraction of sp³-hybridized carbons (Fsp3) is 0.238. The predicted molar refractivity (Wildman–Crippen MR) is 122 cm³/mol. The zero-order valence-corrected chi connectivity index (χ0v) is 19.0. The Hall–Kier alpha value is -3.15. The van der Waals surface area contributed by atoms with E-state index in [-0.39, 0.29) is 30.4 Å². The van der Waals surface area contributed by atoms with E-state index < -0.39 is 11.0 Å². The summed E-state index contributed by atoms with van der Waals surface area (Å²) in [5.74, 6) is 0.579. The van der Waals surface area contributed by atoms with Crippen LogP contribution >= 0.6 is 22.6 Å². The molecule has 1 fully saturated rings. The van der Waals surface area contributed by atoms with Crippen LogP contribution in [0.25, 0.3) is 6.08 Å². The van der Waals surface area contributed by atoms with Gasteiger partial charge in [-0.15, -0.1) is 0 Å². The Kier molecular flexibility index (Phi) is 7.10. The molecule has 0 bridgehead atoms. The molecule has 0 unspecified atom stereocenters. The molecule has 162 valence electrons. The highest BCUT2D eigenvalue weighted by molar-refractivity contribution is 14.1. The molecule has 1 N–H and O–H groups in total. The van der Waals surface area contributed by atoms with Crippen LogP contribution in [0.1, 0.15) is 25.0 Å². The summed E-state index contributed by atoms with van der Waals surface area (Å²) in [5.41, 5.74) is 1.50. The number of hydrogen-bond donors (Lipinski definition) is 1. The molecule has 10 heteroatoms. The molecule has 31 heavy (non-hydrogen) atoms. The van der Waals surface area contributed by atoms with E-state index in [2.05, 4.69) is 27.9 Å². The van der Waals surface area contributed by atoms with Gasteiger partial charge in [0.25, 0.3) is 11.6 Å². The van der Waals surface area contributed by atoms with Crippen molar-refractivity contribution < 1.29 is 24.0 Å². The Morgan fingerprint density at radius 3 is 2.61 bits per heavy atom. The number of carbonyl (C=O) groups is 2. The van der Waals surface area contributed by atoms with E-state index in [9.17, 15) is 19.7 Å². The number of carbonyl (C=O) groups excluding carboxylic acids is 2. The lowest BCUT2D eigenvalue weighted by Gasteiger charge is -2.15. The maximum atomic E-state index is 12.3. The van der Waals surface area contributed by atoms with E-state index >= 15 is 0 Å². The van der Waals surface area contributed by atoms with E-state index in [1.54, 1.807) is 37.3 Å². The Morgan fingerprint density at radius 2 is 1.97 bits per heavy atom. The van der Waals surface area contributed by atoms with Crippen molar-refractivity contribution in [3.8, 4) is 11.5 Å². The van der Waals surface area contributed by atoms with Gasteiger partial charge in [0, 0.05) is 18.7 Å². The maximum absolute atomic E-state index is 12.3. The Bertz CT molecular complexity index is 1070. The van der Waals surface area contributed by atoms with Crippen molar-refractivity contribution in [2.75, 3.05) is 13.2 Å². The van der Waals surface area contributed by atoms with Gasteiger partial charge < -0.3 is 14.8 Å². The molecule has 0 saturated carbocycles. The van der Waals surface area contributed by atoms with Gasteiger partial charge in [-0.2, -0.15) is 0 Å². The number of imide groups is 1. The first-order valence-electron chi connectivity index (χ1n) is 9.51. The quantitative estimate of drug-likeness (QED) is 0.179. The van der Waals surface area contributed by atoms with Gasteiger partial charge in [0.1, 0.15) is 12.3 Å². The molecule has 2 aromatic rings. The van der Waals surface area contributed by atoms with Crippen molar-refractivity contribution in [2.24, 2.45) is 0 Å². The van der Waals surface area contributed by atoms with Crippen LogP contribution in [0.5, 0.6) is 11.5 Å². The molecule has 1 heterocycles. The molecule has 1 aliphatic rings. The average molecular weight is 537 g/mol. The van der Waals surface area contributed by atoms with Crippen molar-refractivity contribution >= 4 is 46.3 Å². The van der Waals surface area contributed by atoms with Gasteiger partial charge in [-0.05, 0) is 65.8 Å². The number of urea groups is 1. The van der Waals surface area contributed by atoms with Crippen molar-refractivity contribution in [3.63, 3.8) is 0 Å². The van der Waals surface area contributed by atoms with Crippen molar-refractivity contribution in [1.29, 1.82) is 0 Å². The number of hydrogen-bond acceptors (Lipinski definition) is 6. The smallest absolute Gasteiger partial charge is 0.328 e. The predicted octanol–water partition coefficient (Wildman–Crippen LogP) is 4.09. The van der Waals surface area contributed by atoms with Crippen LogP contribution in [0.2, 0.25) is 0 Å². The highest BCUT2D eigenvalue weighted by Crippen LogP contribution is 2.36. The topological polar surface area (TPSA) is 111 Å². The molecule has 0 spiro atoms. The molecule has 3 amide bonds. The highest BCUT2D eigenvalue weighted by Gasteiger charge is 2.32. The fourth-order valence-corrected chi connectivity index (χ4v) is 3.80. The summed E-state index contributed by atoms with van der Waals surface area (Å²) in [6.45, 7) is 4.36. The van der Waals surface area contributed by atoms with Gasteiger partial charge in [-0.3, -0.25) is 19.8 Å². The molecule has 3 rings (SSSR count). The van der Waals surface area contributed by atoms with E-state index in [4.69, 9.17) is 9.47 Å². The van der Waals surface area contributed by atoms with Crippen LogP contribution in [0.3, 0.4) is 0 Å².